The van der Waals surface area contributed by atoms with Crippen LogP contribution in [0, 0.1) is 6.92 Å². The number of likely N-dealkylation sites (N-methyl/N-ethyl adjacent to an activating group) is 1. The first-order chi connectivity index (χ1) is 9.56. The van der Waals surface area contributed by atoms with Gasteiger partial charge in [0.2, 0.25) is 5.91 Å². The molecule has 110 valence electrons. The number of carbonyl (C=O) groups is 2. The molecule has 0 spiro atoms. The molecule has 5 heteroatoms. The number of amides is 1. The average molecular weight is 279 g/mol. The van der Waals surface area contributed by atoms with Crippen molar-refractivity contribution in [1.29, 1.82) is 0 Å². The molecule has 0 radical (unpaired) electrons. The van der Waals surface area contributed by atoms with E-state index in [1.54, 1.807) is 0 Å². The lowest BCUT2D eigenvalue weighted by molar-refractivity contribution is -0.147. The van der Waals surface area contributed by atoms with E-state index in [4.69, 9.17) is 4.74 Å². The summed E-state index contributed by atoms with van der Waals surface area (Å²) in [4.78, 5) is 24.5. The second kappa shape index (κ2) is 8.19. The molecule has 0 aliphatic heterocycles. The minimum Gasteiger partial charge on any atom is -0.493 e. The van der Waals surface area contributed by atoms with Gasteiger partial charge in [-0.15, -0.1) is 0 Å². The van der Waals surface area contributed by atoms with Crippen LogP contribution in [0.1, 0.15) is 18.9 Å². The van der Waals surface area contributed by atoms with Crippen molar-refractivity contribution in [2.24, 2.45) is 0 Å². The third-order valence-electron chi connectivity index (χ3n) is 2.89. The van der Waals surface area contributed by atoms with Crippen LogP contribution in [0.5, 0.6) is 5.75 Å². The van der Waals surface area contributed by atoms with Gasteiger partial charge in [-0.1, -0.05) is 17.7 Å². The van der Waals surface area contributed by atoms with Crippen LogP contribution < -0.4 is 4.74 Å². The normalized spacial score (nSPS) is 9.95. The Bertz CT molecular complexity index is 442. The Hall–Kier alpha value is -2.04. The summed E-state index contributed by atoms with van der Waals surface area (Å²) in [6, 6.07) is 7.64. The van der Waals surface area contributed by atoms with Crippen LogP contribution in [0.4, 0.5) is 0 Å². The molecular formula is C15H21NO4. The average Bonchev–Trinajstić information content (AvgIpc) is 2.46. The van der Waals surface area contributed by atoms with Gasteiger partial charge in [-0.25, -0.2) is 0 Å². The van der Waals surface area contributed by atoms with Gasteiger partial charge >= 0.3 is 5.97 Å². The highest BCUT2D eigenvalue weighted by Gasteiger charge is 2.15. The number of nitrogens with zero attached hydrogens (tertiary/aromatic N) is 1. The largest absolute Gasteiger partial charge is 0.493 e. The number of rotatable bonds is 7. The van der Waals surface area contributed by atoms with Gasteiger partial charge in [0.05, 0.1) is 20.1 Å². The minimum atomic E-state index is -0.417. The highest BCUT2D eigenvalue weighted by atomic mass is 16.5. The first kappa shape index (κ1) is 16.0. The summed E-state index contributed by atoms with van der Waals surface area (Å²) in [5.41, 5.74) is 1.16. The number of hydrogen-bond donors (Lipinski definition) is 0. The molecule has 1 rings (SSSR count). The van der Waals surface area contributed by atoms with Crippen LogP contribution >= 0.6 is 0 Å². The Balaban J connectivity index is 2.37. The lowest BCUT2D eigenvalue weighted by Crippen LogP contribution is -2.36. The second-order valence-corrected chi connectivity index (χ2v) is 4.40. The van der Waals surface area contributed by atoms with Crippen molar-refractivity contribution in [1.82, 2.24) is 4.90 Å². The summed E-state index contributed by atoms with van der Waals surface area (Å²) in [7, 11) is 1.31. The van der Waals surface area contributed by atoms with Gasteiger partial charge in [-0.2, -0.15) is 0 Å². The van der Waals surface area contributed by atoms with E-state index in [0.29, 0.717) is 13.2 Å². The quantitative estimate of drug-likeness (QED) is 0.714. The fourth-order valence-electron chi connectivity index (χ4n) is 1.65. The van der Waals surface area contributed by atoms with Gasteiger partial charge in [-0.05, 0) is 26.0 Å². The molecule has 20 heavy (non-hydrogen) atoms. The maximum absolute atomic E-state index is 11.9. The number of esters is 1. The van der Waals surface area contributed by atoms with Crippen LogP contribution in [0.3, 0.4) is 0 Å². The molecule has 0 fully saturated rings. The zero-order valence-electron chi connectivity index (χ0n) is 12.2. The summed E-state index contributed by atoms with van der Waals surface area (Å²) in [5, 5.41) is 0. The van der Waals surface area contributed by atoms with Gasteiger partial charge in [0, 0.05) is 6.54 Å². The van der Waals surface area contributed by atoms with Gasteiger partial charge in [0.15, 0.2) is 0 Å². The van der Waals surface area contributed by atoms with E-state index in [1.807, 2.05) is 38.1 Å². The third-order valence-corrected chi connectivity index (χ3v) is 2.89. The molecule has 0 bridgehead atoms. The first-order valence-corrected chi connectivity index (χ1v) is 6.61. The molecule has 5 nitrogen and oxygen atoms in total. The standard InChI is InChI=1S/C15H21NO4/c1-4-16(11-15(18)19-3)14(17)9-10-20-13-7-5-12(2)6-8-13/h5-8H,4,9-11H2,1-3H3. The molecule has 0 heterocycles. The van der Waals surface area contributed by atoms with Crippen molar-refractivity contribution in [2.75, 3.05) is 26.8 Å². The van der Waals surface area contributed by atoms with Crippen LogP contribution in [0.25, 0.3) is 0 Å². The molecule has 0 saturated heterocycles. The van der Waals surface area contributed by atoms with Crippen molar-refractivity contribution < 1.29 is 19.1 Å². The molecule has 0 N–H and O–H groups in total. The van der Waals surface area contributed by atoms with E-state index in [2.05, 4.69) is 4.74 Å². The number of carbonyl (C=O) groups excluding carboxylic acids is 2. The molecular weight excluding hydrogens is 258 g/mol. The van der Waals surface area contributed by atoms with Crippen molar-refractivity contribution in [3.63, 3.8) is 0 Å². The molecule has 0 saturated carbocycles. The Morgan fingerprint density at radius 1 is 1.20 bits per heavy atom. The fourth-order valence-corrected chi connectivity index (χ4v) is 1.65. The molecule has 0 unspecified atom stereocenters. The topological polar surface area (TPSA) is 55.8 Å². The van der Waals surface area contributed by atoms with E-state index in [0.717, 1.165) is 11.3 Å². The summed E-state index contributed by atoms with van der Waals surface area (Å²) < 4.78 is 10.0. The SMILES string of the molecule is CCN(CC(=O)OC)C(=O)CCOc1ccc(C)cc1. The predicted octanol–water partition coefficient (Wildman–Crippen LogP) is 1.79. The summed E-state index contributed by atoms with van der Waals surface area (Å²) >= 11 is 0. The van der Waals surface area contributed by atoms with Crippen LogP contribution in [0.2, 0.25) is 0 Å². The number of benzene rings is 1. The van der Waals surface area contributed by atoms with Gasteiger partial charge in [-0.3, -0.25) is 9.59 Å². The number of ether oxygens (including phenoxy) is 2. The van der Waals surface area contributed by atoms with Crippen molar-refractivity contribution in [2.45, 2.75) is 20.3 Å². The third kappa shape index (κ3) is 5.30. The van der Waals surface area contributed by atoms with Gasteiger partial charge in [0.1, 0.15) is 12.3 Å². The molecule has 1 amide bonds. The van der Waals surface area contributed by atoms with E-state index in [9.17, 15) is 9.59 Å². The number of aryl methyl sites for hydroxylation is 1. The smallest absolute Gasteiger partial charge is 0.325 e. The first-order valence-electron chi connectivity index (χ1n) is 6.61. The van der Waals surface area contributed by atoms with Gasteiger partial charge < -0.3 is 14.4 Å². The number of hydrogen-bond acceptors (Lipinski definition) is 4. The second-order valence-electron chi connectivity index (χ2n) is 4.40. The van der Waals surface area contributed by atoms with Crippen LogP contribution in [-0.4, -0.2) is 43.6 Å². The Morgan fingerprint density at radius 2 is 1.85 bits per heavy atom. The molecule has 1 aromatic carbocycles. The van der Waals surface area contributed by atoms with Gasteiger partial charge in [0.25, 0.3) is 0 Å². The molecule has 0 aliphatic rings. The molecule has 0 aliphatic carbocycles. The van der Waals surface area contributed by atoms with E-state index >= 15 is 0 Å². The lowest BCUT2D eigenvalue weighted by Gasteiger charge is -2.19. The Morgan fingerprint density at radius 3 is 2.40 bits per heavy atom. The maximum Gasteiger partial charge on any atom is 0.325 e. The monoisotopic (exact) mass is 279 g/mol. The zero-order chi connectivity index (χ0) is 15.0. The van der Waals surface area contributed by atoms with Crippen molar-refractivity contribution >= 4 is 11.9 Å². The van der Waals surface area contributed by atoms with Crippen LogP contribution in [0.15, 0.2) is 24.3 Å². The Labute approximate surface area is 119 Å². The summed E-state index contributed by atoms with van der Waals surface area (Å²) in [5.74, 6) is 0.198. The molecule has 0 atom stereocenters. The lowest BCUT2D eigenvalue weighted by atomic mass is 10.2. The molecule has 0 aromatic heterocycles. The van der Waals surface area contributed by atoms with Crippen LogP contribution in [-0.2, 0) is 14.3 Å². The van der Waals surface area contributed by atoms with E-state index < -0.39 is 5.97 Å². The molecule has 1 aromatic rings. The van der Waals surface area contributed by atoms with Crippen molar-refractivity contribution in [3.05, 3.63) is 29.8 Å². The minimum absolute atomic E-state index is 0.0175. The summed E-state index contributed by atoms with van der Waals surface area (Å²) in [6.45, 7) is 4.56. The van der Waals surface area contributed by atoms with E-state index in [-0.39, 0.29) is 18.9 Å². The fraction of sp³-hybridized carbons (Fsp3) is 0.467. The highest BCUT2D eigenvalue weighted by Crippen LogP contribution is 2.11. The Kier molecular flexibility index (Phi) is 6.56. The van der Waals surface area contributed by atoms with E-state index in [1.165, 1.54) is 12.0 Å². The predicted molar refractivity (Wildman–Crippen MR) is 75.6 cm³/mol. The summed E-state index contributed by atoms with van der Waals surface area (Å²) in [6.07, 6.45) is 0.235. The number of methoxy groups -OCH3 is 1. The maximum atomic E-state index is 11.9. The zero-order valence-corrected chi connectivity index (χ0v) is 12.2. The highest BCUT2D eigenvalue weighted by molar-refractivity contribution is 5.82. The van der Waals surface area contributed by atoms with Crippen molar-refractivity contribution in [3.8, 4) is 5.75 Å².